The highest BCUT2D eigenvalue weighted by molar-refractivity contribution is 5.67. The molecule has 0 radical (unpaired) electrons. The Hall–Kier alpha value is -1.51. The maximum absolute atomic E-state index is 10.5. The molecule has 1 aromatic carbocycles. The van der Waals surface area contributed by atoms with E-state index in [1.165, 1.54) is 5.56 Å². The standard InChI is InChI=1S/C14H21NO2/c1-4-14(2,3)11-7-5-6-8-12(11)15-10-9-13(16)17/h5-8,15H,4,9-10H2,1-3H3,(H,16,17). The zero-order valence-electron chi connectivity index (χ0n) is 10.8. The van der Waals surface area contributed by atoms with Gasteiger partial charge in [-0.05, 0) is 23.5 Å². The van der Waals surface area contributed by atoms with Gasteiger partial charge in [0.2, 0.25) is 0 Å². The first-order valence-corrected chi connectivity index (χ1v) is 6.02. The van der Waals surface area contributed by atoms with Gasteiger partial charge in [-0.2, -0.15) is 0 Å². The summed E-state index contributed by atoms with van der Waals surface area (Å²) in [6, 6.07) is 8.11. The van der Waals surface area contributed by atoms with E-state index in [-0.39, 0.29) is 11.8 Å². The van der Waals surface area contributed by atoms with E-state index in [4.69, 9.17) is 5.11 Å². The Morgan fingerprint density at radius 1 is 1.35 bits per heavy atom. The summed E-state index contributed by atoms with van der Waals surface area (Å²) in [6.07, 6.45) is 1.19. The highest BCUT2D eigenvalue weighted by atomic mass is 16.4. The molecule has 0 bridgehead atoms. The van der Waals surface area contributed by atoms with Crippen molar-refractivity contribution in [1.82, 2.24) is 0 Å². The van der Waals surface area contributed by atoms with Gasteiger partial charge < -0.3 is 10.4 Å². The lowest BCUT2D eigenvalue weighted by molar-refractivity contribution is -0.136. The smallest absolute Gasteiger partial charge is 0.305 e. The summed E-state index contributed by atoms with van der Waals surface area (Å²) in [7, 11) is 0. The molecule has 0 spiro atoms. The molecular weight excluding hydrogens is 214 g/mol. The second-order valence-corrected chi connectivity index (χ2v) is 4.85. The first kappa shape index (κ1) is 13.6. The second kappa shape index (κ2) is 5.71. The molecule has 0 atom stereocenters. The number of para-hydroxylation sites is 1. The average Bonchev–Trinajstić information content (AvgIpc) is 2.29. The van der Waals surface area contributed by atoms with Crippen LogP contribution in [0.1, 0.15) is 39.2 Å². The summed E-state index contributed by atoms with van der Waals surface area (Å²) in [5.74, 6) is -0.773. The van der Waals surface area contributed by atoms with E-state index in [9.17, 15) is 4.79 Å². The Balaban J connectivity index is 2.81. The quantitative estimate of drug-likeness (QED) is 0.795. The number of anilines is 1. The summed E-state index contributed by atoms with van der Waals surface area (Å²) in [5, 5.41) is 11.8. The Morgan fingerprint density at radius 3 is 2.59 bits per heavy atom. The van der Waals surface area contributed by atoms with Crippen LogP contribution in [-0.4, -0.2) is 17.6 Å². The number of hydrogen-bond acceptors (Lipinski definition) is 2. The van der Waals surface area contributed by atoms with Crippen LogP contribution < -0.4 is 5.32 Å². The summed E-state index contributed by atoms with van der Waals surface area (Å²) < 4.78 is 0. The third-order valence-corrected chi connectivity index (χ3v) is 3.19. The summed E-state index contributed by atoms with van der Waals surface area (Å²) >= 11 is 0. The van der Waals surface area contributed by atoms with Crippen LogP contribution in [0.5, 0.6) is 0 Å². The minimum absolute atomic E-state index is 0.104. The minimum atomic E-state index is -0.773. The van der Waals surface area contributed by atoms with E-state index in [0.717, 1.165) is 12.1 Å². The third-order valence-electron chi connectivity index (χ3n) is 3.19. The number of carboxylic acid groups (broad SMARTS) is 1. The van der Waals surface area contributed by atoms with Gasteiger partial charge in [-0.3, -0.25) is 4.79 Å². The topological polar surface area (TPSA) is 49.3 Å². The van der Waals surface area contributed by atoms with E-state index in [1.54, 1.807) is 0 Å². The molecule has 0 aliphatic heterocycles. The van der Waals surface area contributed by atoms with Gasteiger partial charge in [-0.25, -0.2) is 0 Å². The van der Waals surface area contributed by atoms with E-state index < -0.39 is 5.97 Å². The molecule has 2 N–H and O–H groups in total. The van der Waals surface area contributed by atoms with Crippen molar-refractivity contribution in [2.75, 3.05) is 11.9 Å². The van der Waals surface area contributed by atoms with Crippen molar-refractivity contribution in [3.05, 3.63) is 29.8 Å². The molecule has 0 unspecified atom stereocenters. The Labute approximate surface area is 103 Å². The number of carboxylic acids is 1. The predicted molar refractivity (Wildman–Crippen MR) is 70.5 cm³/mol. The van der Waals surface area contributed by atoms with Gasteiger partial charge in [0.15, 0.2) is 0 Å². The lowest BCUT2D eigenvalue weighted by Crippen LogP contribution is -2.19. The SMILES string of the molecule is CCC(C)(C)c1ccccc1NCCC(=O)O. The number of carbonyl (C=O) groups is 1. The van der Waals surface area contributed by atoms with Crippen molar-refractivity contribution >= 4 is 11.7 Å². The van der Waals surface area contributed by atoms with Crippen molar-refractivity contribution in [3.63, 3.8) is 0 Å². The summed E-state index contributed by atoms with van der Waals surface area (Å²) in [4.78, 5) is 10.5. The number of aliphatic carboxylic acids is 1. The van der Waals surface area contributed by atoms with E-state index in [2.05, 4.69) is 32.2 Å². The molecule has 0 fully saturated rings. The average molecular weight is 235 g/mol. The van der Waals surface area contributed by atoms with Crippen LogP contribution in [0, 0.1) is 0 Å². The van der Waals surface area contributed by atoms with E-state index >= 15 is 0 Å². The van der Waals surface area contributed by atoms with Crippen molar-refractivity contribution in [3.8, 4) is 0 Å². The van der Waals surface area contributed by atoms with Gasteiger partial charge in [0.1, 0.15) is 0 Å². The van der Waals surface area contributed by atoms with Crippen LogP contribution in [0.15, 0.2) is 24.3 Å². The summed E-state index contributed by atoms with van der Waals surface area (Å²) in [5.41, 5.74) is 2.39. The Morgan fingerprint density at radius 2 is 2.00 bits per heavy atom. The van der Waals surface area contributed by atoms with Crippen molar-refractivity contribution in [1.29, 1.82) is 0 Å². The first-order valence-electron chi connectivity index (χ1n) is 6.02. The Bertz CT molecular complexity index is 386. The number of hydrogen-bond donors (Lipinski definition) is 2. The fourth-order valence-corrected chi connectivity index (χ4v) is 1.72. The van der Waals surface area contributed by atoms with Crippen molar-refractivity contribution in [2.24, 2.45) is 0 Å². The molecule has 0 saturated carbocycles. The van der Waals surface area contributed by atoms with E-state index in [0.29, 0.717) is 6.54 Å². The molecule has 17 heavy (non-hydrogen) atoms. The molecule has 3 heteroatoms. The number of rotatable bonds is 6. The second-order valence-electron chi connectivity index (χ2n) is 4.85. The molecule has 0 heterocycles. The molecule has 0 aliphatic rings. The fraction of sp³-hybridized carbons (Fsp3) is 0.500. The zero-order chi connectivity index (χ0) is 12.9. The molecule has 1 aromatic rings. The maximum atomic E-state index is 10.5. The zero-order valence-corrected chi connectivity index (χ0v) is 10.8. The van der Waals surface area contributed by atoms with Gasteiger partial charge in [-0.15, -0.1) is 0 Å². The van der Waals surface area contributed by atoms with Gasteiger partial charge >= 0.3 is 5.97 Å². The molecular formula is C14H21NO2. The van der Waals surface area contributed by atoms with Gasteiger partial charge in [0, 0.05) is 12.2 Å². The maximum Gasteiger partial charge on any atom is 0.305 e. The molecule has 3 nitrogen and oxygen atoms in total. The van der Waals surface area contributed by atoms with Crippen molar-refractivity contribution in [2.45, 2.75) is 39.0 Å². The van der Waals surface area contributed by atoms with Crippen LogP contribution in [-0.2, 0) is 10.2 Å². The monoisotopic (exact) mass is 235 g/mol. The molecule has 94 valence electrons. The molecule has 0 aromatic heterocycles. The highest BCUT2D eigenvalue weighted by Crippen LogP contribution is 2.32. The fourth-order valence-electron chi connectivity index (χ4n) is 1.72. The number of nitrogens with one attached hydrogen (secondary N) is 1. The van der Waals surface area contributed by atoms with Crippen LogP contribution >= 0.6 is 0 Å². The Kier molecular flexibility index (Phi) is 4.55. The van der Waals surface area contributed by atoms with Crippen LogP contribution in [0.3, 0.4) is 0 Å². The molecule has 0 aliphatic carbocycles. The van der Waals surface area contributed by atoms with Gasteiger partial charge in [-0.1, -0.05) is 39.0 Å². The van der Waals surface area contributed by atoms with Crippen LogP contribution in [0.4, 0.5) is 5.69 Å². The molecule has 0 saturated heterocycles. The number of benzene rings is 1. The largest absolute Gasteiger partial charge is 0.481 e. The van der Waals surface area contributed by atoms with Gasteiger partial charge in [0.05, 0.1) is 6.42 Å². The lowest BCUT2D eigenvalue weighted by Gasteiger charge is -2.26. The van der Waals surface area contributed by atoms with Crippen LogP contribution in [0.25, 0.3) is 0 Å². The third kappa shape index (κ3) is 3.77. The predicted octanol–water partition coefficient (Wildman–Crippen LogP) is 3.26. The summed E-state index contributed by atoms with van der Waals surface area (Å²) in [6.45, 7) is 7.02. The van der Waals surface area contributed by atoms with Crippen LogP contribution in [0.2, 0.25) is 0 Å². The minimum Gasteiger partial charge on any atom is -0.481 e. The molecule has 0 amide bonds. The van der Waals surface area contributed by atoms with Crippen molar-refractivity contribution < 1.29 is 9.90 Å². The molecule has 1 rings (SSSR count). The van der Waals surface area contributed by atoms with Gasteiger partial charge in [0.25, 0.3) is 0 Å². The lowest BCUT2D eigenvalue weighted by atomic mass is 9.81. The normalized spacial score (nSPS) is 11.2. The van der Waals surface area contributed by atoms with E-state index in [1.807, 2.05) is 18.2 Å². The first-order chi connectivity index (χ1) is 7.97. The highest BCUT2D eigenvalue weighted by Gasteiger charge is 2.20.